The number of aromatic nitrogens is 2. The SMILES string of the molecule is O=C(Nc1ccccc1-c1cn2ccccc2n1)c1ccc(F)c(F)c1. The van der Waals surface area contributed by atoms with Gasteiger partial charge in [-0.2, -0.15) is 0 Å². The first-order valence-corrected chi connectivity index (χ1v) is 7.91. The van der Waals surface area contributed by atoms with E-state index >= 15 is 0 Å². The number of benzene rings is 2. The zero-order valence-electron chi connectivity index (χ0n) is 13.5. The third-order valence-electron chi connectivity index (χ3n) is 4.00. The van der Waals surface area contributed by atoms with Crippen molar-refractivity contribution >= 4 is 17.2 Å². The summed E-state index contributed by atoms with van der Waals surface area (Å²) in [6.45, 7) is 0. The summed E-state index contributed by atoms with van der Waals surface area (Å²) in [6, 6.07) is 15.9. The number of carbonyl (C=O) groups is 1. The van der Waals surface area contributed by atoms with E-state index in [1.807, 2.05) is 47.1 Å². The van der Waals surface area contributed by atoms with Gasteiger partial charge in [0.15, 0.2) is 11.6 Å². The smallest absolute Gasteiger partial charge is 0.255 e. The maximum Gasteiger partial charge on any atom is 0.255 e. The fraction of sp³-hybridized carbons (Fsp3) is 0. The predicted molar refractivity (Wildman–Crippen MR) is 94.9 cm³/mol. The van der Waals surface area contributed by atoms with Crippen LogP contribution in [0.2, 0.25) is 0 Å². The van der Waals surface area contributed by atoms with E-state index in [0.717, 1.165) is 23.3 Å². The molecule has 0 aliphatic rings. The van der Waals surface area contributed by atoms with Gasteiger partial charge < -0.3 is 9.72 Å². The third kappa shape index (κ3) is 2.93. The molecule has 0 radical (unpaired) electrons. The van der Waals surface area contributed by atoms with Crippen molar-refractivity contribution in [3.8, 4) is 11.3 Å². The first kappa shape index (κ1) is 16.0. The predicted octanol–water partition coefficient (Wildman–Crippen LogP) is 4.53. The van der Waals surface area contributed by atoms with Gasteiger partial charge in [0.25, 0.3) is 5.91 Å². The molecule has 0 atom stereocenters. The van der Waals surface area contributed by atoms with E-state index in [4.69, 9.17) is 0 Å². The Morgan fingerprint density at radius 2 is 1.77 bits per heavy atom. The minimum atomic E-state index is -1.06. The number of hydrogen-bond donors (Lipinski definition) is 1. The van der Waals surface area contributed by atoms with Crippen LogP contribution in [0.4, 0.5) is 14.5 Å². The number of nitrogens with one attached hydrogen (secondary N) is 1. The van der Waals surface area contributed by atoms with Crippen LogP contribution in [-0.4, -0.2) is 15.3 Å². The van der Waals surface area contributed by atoms with Gasteiger partial charge in [-0.05, 0) is 36.4 Å². The van der Waals surface area contributed by atoms with Gasteiger partial charge in [0.2, 0.25) is 0 Å². The summed E-state index contributed by atoms with van der Waals surface area (Å²) in [5.74, 6) is -2.59. The van der Waals surface area contributed by atoms with Crippen molar-refractivity contribution < 1.29 is 13.6 Å². The quantitative estimate of drug-likeness (QED) is 0.591. The van der Waals surface area contributed by atoms with Gasteiger partial charge in [-0.1, -0.05) is 24.3 Å². The Morgan fingerprint density at radius 1 is 0.962 bits per heavy atom. The Balaban J connectivity index is 1.69. The molecule has 4 rings (SSSR count). The maximum absolute atomic E-state index is 13.4. The van der Waals surface area contributed by atoms with Crippen LogP contribution in [0.5, 0.6) is 0 Å². The number of halogens is 2. The number of imidazole rings is 1. The molecular formula is C20H13F2N3O. The minimum Gasteiger partial charge on any atom is -0.321 e. The van der Waals surface area contributed by atoms with Crippen LogP contribution >= 0.6 is 0 Å². The van der Waals surface area contributed by atoms with Crippen LogP contribution < -0.4 is 5.32 Å². The van der Waals surface area contributed by atoms with Gasteiger partial charge in [0.05, 0.1) is 11.4 Å². The van der Waals surface area contributed by atoms with Gasteiger partial charge in [-0.3, -0.25) is 4.79 Å². The Kier molecular flexibility index (Phi) is 3.93. The Morgan fingerprint density at radius 3 is 2.58 bits per heavy atom. The molecule has 0 saturated heterocycles. The maximum atomic E-state index is 13.4. The molecule has 0 saturated carbocycles. The molecule has 4 nitrogen and oxygen atoms in total. The fourth-order valence-corrected chi connectivity index (χ4v) is 2.71. The lowest BCUT2D eigenvalue weighted by atomic mass is 10.1. The second-order valence-electron chi connectivity index (χ2n) is 5.72. The van der Waals surface area contributed by atoms with Gasteiger partial charge >= 0.3 is 0 Å². The molecule has 2 aromatic heterocycles. The van der Waals surface area contributed by atoms with Crippen LogP contribution in [0.25, 0.3) is 16.9 Å². The fourth-order valence-electron chi connectivity index (χ4n) is 2.71. The number of rotatable bonds is 3. The molecule has 1 amide bonds. The minimum absolute atomic E-state index is 0.0358. The molecule has 4 aromatic rings. The lowest BCUT2D eigenvalue weighted by Gasteiger charge is -2.09. The van der Waals surface area contributed by atoms with Crippen LogP contribution in [0.1, 0.15) is 10.4 Å². The Bertz CT molecular complexity index is 1090. The molecular weight excluding hydrogens is 336 g/mol. The zero-order chi connectivity index (χ0) is 18.1. The number of carbonyl (C=O) groups excluding carboxylic acids is 1. The van der Waals surface area contributed by atoms with Crippen molar-refractivity contribution in [1.29, 1.82) is 0 Å². The highest BCUT2D eigenvalue weighted by Crippen LogP contribution is 2.28. The molecule has 2 heterocycles. The zero-order valence-corrected chi connectivity index (χ0v) is 13.5. The summed E-state index contributed by atoms with van der Waals surface area (Å²) in [4.78, 5) is 17.0. The van der Waals surface area contributed by atoms with Crippen molar-refractivity contribution in [2.75, 3.05) is 5.32 Å². The van der Waals surface area contributed by atoms with Crippen LogP contribution in [0, 0.1) is 11.6 Å². The Labute approximate surface area is 147 Å². The van der Waals surface area contributed by atoms with Crippen LogP contribution in [0.15, 0.2) is 73.1 Å². The summed E-state index contributed by atoms with van der Waals surface area (Å²) in [5, 5.41) is 2.74. The molecule has 128 valence electrons. The summed E-state index contributed by atoms with van der Waals surface area (Å²) >= 11 is 0. The summed E-state index contributed by atoms with van der Waals surface area (Å²) in [6.07, 6.45) is 3.74. The van der Waals surface area contributed by atoms with E-state index in [0.29, 0.717) is 11.4 Å². The monoisotopic (exact) mass is 349 g/mol. The van der Waals surface area contributed by atoms with E-state index in [-0.39, 0.29) is 5.56 Å². The van der Waals surface area contributed by atoms with E-state index in [1.165, 1.54) is 6.07 Å². The van der Waals surface area contributed by atoms with E-state index in [2.05, 4.69) is 10.3 Å². The normalized spacial score (nSPS) is 10.8. The molecule has 0 aliphatic heterocycles. The molecule has 0 fully saturated rings. The number of hydrogen-bond acceptors (Lipinski definition) is 2. The standard InChI is InChI=1S/C20H13F2N3O/c21-15-9-8-13(11-16(15)22)20(26)24-17-6-2-1-5-14(17)18-12-25-10-4-3-7-19(25)23-18/h1-12H,(H,24,26). The highest BCUT2D eigenvalue weighted by Gasteiger charge is 2.14. The average Bonchev–Trinajstić information content (AvgIpc) is 3.08. The molecule has 6 heteroatoms. The molecule has 0 aliphatic carbocycles. The topological polar surface area (TPSA) is 46.4 Å². The van der Waals surface area contributed by atoms with E-state index in [1.54, 1.807) is 12.1 Å². The largest absolute Gasteiger partial charge is 0.321 e. The molecule has 0 spiro atoms. The lowest BCUT2D eigenvalue weighted by Crippen LogP contribution is -2.13. The number of para-hydroxylation sites is 1. The number of fused-ring (bicyclic) bond motifs is 1. The van der Waals surface area contributed by atoms with Gasteiger partial charge in [-0.25, -0.2) is 13.8 Å². The third-order valence-corrected chi connectivity index (χ3v) is 4.00. The molecule has 2 aromatic carbocycles. The molecule has 1 N–H and O–H groups in total. The number of anilines is 1. The first-order valence-electron chi connectivity index (χ1n) is 7.91. The van der Waals surface area contributed by atoms with Gasteiger partial charge in [-0.15, -0.1) is 0 Å². The van der Waals surface area contributed by atoms with E-state index < -0.39 is 17.5 Å². The highest BCUT2D eigenvalue weighted by atomic mass is 19.2. The van der Waals surface area contributed by atoms with Crippen LogP contribution in [-0.2, 0) is 0 Å². The summed E-state index contributed by atoms with van der Waals surface area (Å²) in [7, 11) is 0. The summed E-state index contributed by atoms with van der Waals surface area (Å²) in [5.41, 5.74) is 2.77. The van der Waals surface area contributed by atoms with Gasteiger partial charge in [0.1, 0.15) is 5.65 Å². The highest BCUT2D eigenvalue weighted by molar-refractivity contribution is 6.06. The molecule has 0 bridgehead atoms. The molecule has 0 unspecified atom stereocenters. The van der Waals surface area contributed by atoms with Gasteiger partial charge in [0, 0.05) is 23.5 Å². The average molecular weight is 349 g/mol. The number of amides is 1. The molecule has 26 heavy (non-hydrogen) atoms. The van der Waals surface area contributed by atoms with E-state index in [9.17, 15) is 13.6 Å². The second-order valence-corrected chi connectivity index (χ2v) is 5.72. The van der Waals surface area contributed by atoms with Crippen LogP contribution in [0.3, 0.4) is 0 Å². The lowest BCUT2D eigenvalue weighted by molar-refractivity contribution is 0.102. The van der Waals surface area contributed by atoms with Crippen molar-refractivity contribution in [3.05, 3.63) is 90.3 Å². The first-order chi connectivity index (χ1) is 12.6. The second kappa shape index (κ2) is 6.40. The number of pyridine rings is 1. The van der Waals surface area contributed by atoms with Crippen molar-refractivity contribution in [3.63, 3.8) is 0 Å². The van der Waals surface area contributed by atoms with Crippen molar-refractivity contribution in [2.45, 2.75) is 0 Å². The van der Waals surface area contributed by atoms with Crippen molar-refractivity contribution in [2.24, 2.45) is 0 Å². The number of nitrogens with zero attached hydrogens (tertiary/aromatic N) is 2. The Hall–Kier alpha value is -3.54. The van der Waals surface area contributed by atoms with Crippen molar-refractivity contribution in [1.82, 2.24) is 9.38 Å². The summed E-state index contributed by atoms with van der Waals surface area (Å²) < 4.78 is 28.3.